The fourth-order valence-electron chi connectivity index (χ4n) is 2.06. The Balaban J connectivity index is 1.97. The minimum absolute atomic E-state index is 0.632. The monoisotopic (exact) mass is 307 g/mol. The van der Waals surface area contributed by atoms with Crippen molar-refractivity contribution in [2.24, 2.45) is 0 Å². The van der Waals surface area contributed by atoms with Crippen LogP contribution in [0.4, 0.5) is 5.69 Å². The maximum Gasteiger partial charge on any atom is 0.0470 e. The molecule has 0 unspecified atom stereocenters. The molecule has 2 aromatic carbocycles. The van der Waals surface area contributed by atoms with Crippen LogP contribution in [-0.2, 0) is 13.0 Å². The van der Waals surface area contributed by atoms with Gasteiger partial charge in [0, 0.05) is 27.8 Å². The number of nitrogens with one attached hydrogen (secondary N) is 1. The van der Waals surface area contributed by atoms with Crippen LogP contribution in [0.25, 0.3) is 0 Å². The van der Waals surface area contributed by atoms with E-state index in [-0.39, 0.29) is 0 Å². The highest BCUT2D eigenvalue weighted by molar-refractivity contribution is 6.36. The van der Waals surface area contributed by atoms with E-state index in [0.29, 0.717) is 16.6 Å². The van der Waals surface area contributed by atoms with Gasteiger partial charge in [-0.25, -0.2) is 0 Å². The van der Waals surface area contributed by atoms with Gasteiger partial charge in [0.1, 0.15) is 0 Å². The molecular weight excluding hydrogens is 289 g/mol. The summed E-state index contributed by atoms with van der Waals surface area (Å²) in [7, 11) is 0. The van der Waals surface area contributed by atoms with Gasteiger partial charge in [-0.3, -0.25) is 0 Å². The van der Waals surface area contributed by atoms with Crippen LogP contribution in [-0.4, -0.2) is 0 Å². The Morgan fingerprint density at radius 2 is 1.60 bits per heavy atom. The lowest BCUT2D eigenvalue weighted by Gasteiger charge is -2.10. The van der Waals surface area contributed by atoms with Crippen molar-refractivity contribution in [2.45, 2.75) is 32.7 Å². The van der Waals surface area contributed by atoms with E-state index in [1.54, 1.807) is 0 Å². The Labute approximate surface area is 130 Å². The predicted molar refractivity (Wildman–Crippen MR) is 88.8 cm³/mol. The van der Waals surface area contributed by atoms with Crippen molar-refractivity contribution in [3.8, 4) is 0 Å². The molecule has 0 atom stereocenters. The zero-order chi connectivity index (χ0) is 14.4. The Morgan fingerprint density at radius 1 is 0.950 bits per heavy atom. The number of aryl methyl sites for hydroxylation is 1. The van der Waals surface area contributed by atoms with Gasteiger partial charge in [-0.05, 0) is 42.7 Å². The molecular formula is C17H19Cl2N. The molecule has 0 aromatic heterocycles. The largest absolute Gasteiger partial charge is 0.381 e. The van der Waals surface area contributed by atoms with Crippen molar-refractivity contribution in [1.82, 2.24) is 0 Å². The van der Waals surface area contributed by atoms with Crippen molar-refractivity contribution in [3.63, 3.8) is 0 Å². The lowest BCUT2D eigenvalue weighted by atomic mass is 10.1. The Hall–Kier alpha value is -1.18. The quantitative estimate of drug-likeness (QED) is 0.695. The summed E-state index contributed by atoms with van der Waals surface area (Å²) < 4.78 is 0. The fraction of sp³-hybridized carbons (Fsp3) is 0.294. The molecule has 0 aliphatic heterocycles. The highest BCUT2D eigenvalue weighted by Crippen LogP contribution is 2.25. The molecule has 0 heterocycles. The molecule has 3 heteroatoms. The van der Waals surface area contributed by atoms with Crippen molar-refractivity contribution in [3.05, 3.63) is 63.6 Å². The smallest absolute Gasteiger partial charge is 0.0470 e. The zero-order valence-electron chi connectivity index (χ0n) is 11.6. The van der Waals surface area contributed by atoms with Gasteiger partial charge in [-0.1, -0.05) is 54.7 Å². The summed E-state index contributed by atoms with van der Waals surface area (Å²) in [4.78, 5) is 0. The summed E-state index contributed by atoms with van der Waals surface area (Å²) in [6, 6.07) is 14.1. The Kier molecular flexibility index (Phi) is 5.75. The average molecular weight is 308 g/mol. The van der Waals surface area contributed by atoms with Crippen LogP contribution in [0.2, 0.25) is 10.0 Å². The number of unbranched alkanes of at least 4 members (excludes halogenated alkanes) is 1. The zero-order valence-corrected chi connectivity index (χ0v) is 13.1. The van der Waals surface area contributed by atoms with Gasteiger partial charge in [0.15, 0.2) is 0 Å². The van der Waals surface area contributed by atoms with Gasteiger partial charge < -0.3 is 5.32 Å². The van der Waals surface area contributed by atoms with Crippen LogP contribution >= 0.6 is 23.2 Å². The van der Waals surface area contributed by atoms with Crippen LogP contribution in [0.15, 0.2) is 42.5 Å². The first kappa shape index (κ1) is 15.2. The number of rotatable bonds is 6. The number of halogens is 2. The van der Waals surface area contributed by atoms with Gasteiger partial charge in [0.25, 0.3) is 0 Å². The normalized spacial score (nSPS) is 10.6. The topological polar surface area (TPSA) is 12.0 Å². The van der Waals surface area contributed by atoms with Gasteiger partial charge in [-0.2, -0.15) is 0 Å². The van der Waals surface area contributed by atoms with E-state index in [9.17, 15) is 0 Å². The summed E-state index contributed by atoms with van der Waals surface area (Å²) >= 11 is 12.3. The molecule has 0 saturated carbocycles. The lowest BCUT2D eigenvalue weighted by molar-refractivity contribution is 0.795. The number of benzene rings is 2. The number of hydrogen-bond donors (Lipinski definition) is 1. The van der Waals surface area contributed by atoms with Gasteiger partial charge in [0.05, 0.1) is 0 Å². The molecule has 1 nitrogen and oxygen atoms in total. The van der Waals surface area contributed by atoms with Crippen LogP contribution in [0, 0.1) is 0 Å². The first-order valence-corrected chi connectivity index (χ1v) is 7.72. The molecule has 0 radical (unpaired) electrons. The van der Waals surface area contributed by atoms with Crippen LogP contribution in [0.1, 0.15) is 30.9 Å². The predicted octanol–water partition coefficient (Wildman–Crippen LogP) is 5.95. The molecule has 20 heavy (non-hydrogen) atoms. The maximum absolute atomic E-state index is 6.15. The molecule has 1 N–H and O–H groups in total. The van der Waals surface area contributed by atoms with Gasteiger partial charge >= 0.3 is 0 Å². The molecule has 0 spiro atoms. The van der Waals surface area contributed by atoms with Crippen molar-refractivity contribution in [1.29, 1.82) is 0 Å². The molecule has 2 aromatic rings. The third-order valence-electron chi connectivity index (χ3n) is 3.30. The second-order valence-corrected chi connectivity index (χ2v) is 5.67. The van der Waals surface area contributed by atoms with Crippen LogP contribution in [0.3, 0.4) is 0 Å². The molecule has 0 aliphatic rings. The molecule has 0 fully saturated rings. The second kappa shape index (κ2) is 7.56. The summed E-state index contributed by atoms with van der Waals surface area (Å²) in [5, 5.41) is 4.75. The van der Waals surface area contributed by atoms with E-state index in [1.165, 1.54) is 18.4 Å². The van der Waals surface area contributed by atoms with E-state index >= 15 is 0 Å². The fourth-order valence-corrected chi connectivity index (χ4v) is 2.59. The standard InChI is InChI=1S/C17H19Cl2N/c1-2-3-5-13-8-10-14(11-9-13)20-12-15-16(18)6-4-7-17(15)19/h4,6-11,20H,2-3,5,12H2,1H3. The lowest BCUT2D eigenvalue weighted by Crippen LogP contribution is -2.01. The molecule has 0 saturated heterocycles. The number of anilines is 1. The second-order valence-electron chi connectivity index (χ2n) is 4.85. The van der Waals surface area contributed by atoms with Gasteiger partial charge in [0.2, 0.25) is 0 Å². The third-order valence-corrected chi connectivity index (χ3v) is 4.01. The first-order chi connectivity index (χ1) is 9.70. The Morgan fingerprint density at radius 3 is 2.20 bits per heavy atom. The third kappa shape index (κ3) is 4.16. The van der Waals surface area contributed by atoms with E-state index in [1.807, 2.05) is 18.2 Å². The summed E-state index contributed by atoms with van der Waals surface area (Å²) in [6.45, 7) is 2.84. The minimum Gasteiger partial charge on any atom is -0.381 e. The SMILES string of the molecule is CCCCc1ccc(NCc2c(Cl)cccc2Cl)cc1. The summed E-state index contributed by atoms with van der Waals surface area (Å²) in [6.07, 6.45) is 3.61. The van der Waals surface area contributed by atoms with E-state index in [4.69, 9.17) is 23.2 Å². The average Bonchev–Trinajstić information content (AvgIpc) is 2.46. The summed E-state index contributed by atoms with van der Waals surface area (Å²) in [5.74, 6) is 0. The number of hydrogen-bond acceptors (Lipinski definition) is 1. The summed E-state index contributed by atoms with van der Waals surface area (Å²) in [5.41, 5.74) is 3.40. The van der Waals surface area contributed by atoms with Crippen molar-refractivity contribution >= 4 is 28.9 Å². The van der Waals surface area contributed by atoms with Crippen molar-refractivity contribution in [2.75, 3.05) is 5.32 Å². The highest BCUT2D eigenvalue weighted by atomic mass is 35.5. The molecule has 0 amide bonds. The molecule has 0 aliphatic carbocycles. The van der Waals surface area contributed by atoms with E-state index < -0.39 is 0 Å². The maximum atomic E-state index is 6.15. The molecule has 0 bridgehead atoms. The minimum atomic E-state index is 0.632. The van der Waals surface area contributed by atoms with Gasteiger partial charge in [-0.15, -0.1) is 0 Å². The van der Waals surface area contributed by atoms with Crippen molar-refractivity contribution < 1.29 is 0 Å². The van der Waals surface area contributed by atoms with Crippen LogP contribution in [0.5, 0.6) is 0 Å². The highest BCUT2D eigenvalue weighted by Gasteiger charge is 2.04. The molecule has 2 rings (SSSR count). The molecule has 106 valence electrons. The first-order valence-electron chi connectivity index (χ1n) is 6.96. The van der Waals surface area contributed by atoms with E-state index in [2.05, 4.69) is 36.5 Å². The Bertz CT molecular complexity index is 529. The van der Waals surface area contributed by atoms with E-state index in [0.717, 1.165) is 17.7 Å². The van der Waals surface area contributed by atoms with Crippen LogP contribution < -0.4 is 5.32 Å².